The summed E-state index contributed by atoms with van der Waals surface area (Å²) < 4.78 is 0. The third-order valence-electron chi connectivity index (χ3n) is 2.34. The van der Waals surface area contributed by atoms with Gasteiger partial charge < -0.3 is 31.3 Å². The maximum absolute atomic E-state index is 9.49. The zero-order valence-corrected chi connectivity index (χ0v) is 8.98. The molecule has 1 atom stereocenters. The van der Waals surface area contributed by atoms with Crippen molar-refractivity contribution in [2.75, 3.05) is 0 Å². The number of rotatable bonds is 1. The van der Waals surface area contributed by atoms with E-state index in [0.29, 0.717) is 0 Å². The lowest BCUT2D eigenvalue weighted by Crippen LogP contribution is -2.68. The highest BCUT2D eigenvalue weighted by Crippen LogP contribution is 2.31. The molecule has 0 saturated heterocycles. The molecule has 1 saturated carbocycles. The number of nitrogens with one attached hydrogen (secondary N) is 1. The van der Waals surface area contributed by atoms with Gasteiger partial charge in [0.05, 0.1) is 0 Å². The Labute approximate surface area is 96.0 Å². The molecule has 0 aromatic rings. The van der Waals surface area contributed by atoms with E-state index in [-0.39, 0.29) is 23.7 Å². The van der Waals surface area contributed by atoms with Crippen LogP contribution in [0.3, 0.4) is 0 Å². The summed E-state index contributed by atoms with van der Waals surface area (Å²) in [5.74, 6) is -6.16. The molecule has 1 rings (SSSR count). The maximum atomic E-state index is 9.49. The molecule has 92 valence electrons. The van der Waals surface area contributed by atoms with E-state index in [1.165, 1.54) is 0 Å². The fourth-order valence-corrected chi connectivity index (χ4v) is 1.40. The summed E-state index contributed by atoms with van der Waals surface area (Å²) in [7, 11) is 0. The molecule has 0 heterocycles. The van der Waals surface area contributed by atoms with E-state index < -0.39 is 17.7 Å². The smallest absolute Gasteiger partial charge is 0.263 e. The molecule has 0 spiro atoms. The van der Waals surface area contributed by atoms with Crippen LogP contribution in [-0.4, -0.2) is 54.0 Å². The van der Waals surface area contributed by atoms with Gasteiger partial charge in [0, 0.05) is 0 Å². The Kier molecular flexibility index (Phi) is 3.47. The van der Waals surface area contributed by atoms with Crippen LogP contribution in [-0.2, 0) is 0 Å². The minimum absolute atomic E-state index is 0.0490. The van der Waals surface area contributed by atoms with Crippen molar-refractivity contribution in [3.63, 3.8) is 0 Å². The molecule has 0 aliphatic heterocycles. The number of aliphatic hydroxyl groups is 5. The molecular formula is C7H13N3O5S. The van der Waals surface area contributed by atoms with Gasteiger partial charge in [0.2, 0.25) is 0 Å². The van der Waals surface area contributed by atoms with Gasteiger partial charge in [-0.15, -0.1) is 0 Å². The average Bonchev–Trinajstić information content (AvgIpc) is 2.14. The van der Waals surface area contributed by atoms with E-state index in [1.807, 2.05) is 0 Å². The highest BCUT2D eigenvalue weighted by molar-refractivity contribution is 7.80. The summed E-state index contributed by atoms with van der Waals surface area (Å²) in [6, 6.07) is 0. The monoisotopic (exact) mass is 251 g/mol. The number of hydrazone groups is 1. The lowest BCUT2D eigenvalue weighted by atomic mass is 9.84. The van der Waals surface area contributed by atoms with Crippen molar-refractivity contribution in [3.05, 3.63) is 0 Å². The van der Waals surface area contributed by atoms with Crippen molar-refractivity contribution >= 4 is 23.0 Å². The number of aliphatic hydroxyl groups excluding tert-OH is 1. The van der Waals surface area contributed by atoms with Crippen LogP contribution in [0.15, 0.2) is 5.10 Å². The molecule has 8 N–H and O–H groups in total. The Morgan fingerprint density at radius 3 is 2.50 bits per heavy atom. The number of nitrogens with zero attached hydrogens (tertiary/aromatic N) is 1. The van der Waals surface area contributed by atoms with Crippen molar-refractivity contribution in [2.45, 2.75) is 30.5 Å². The second-order valence-corrected chi connectivity index (χ2v) is 3.93. The lowest BCUT2D eigenvalue weighted by Gasteiger charge is -2.42. The van der Waals surface area contributed by atoms with Gasteiger partial charge in [-0.1, -0.05) is 0 Å². The van der Waals surface area contributed by atoms with E-state index in [4.69, 9.17) is 5.73 Å². The number of hydrogen-bond acceptors (Lipinski definition) is 7. The second kappa shape index (κ2) is 4.20. The highest BCUT2D eigenvalue weighted by atomic mass is 32.1. The summed E-state index contributed by atoms with van der Waals surface area (Å²) in [6.45, 7) is 0. The van der Waals surface area contributed by atoms with E-state index in [1.54, 1.807) is 0 Å². The van der Waals surface area contributed by atoms with E-state index in [9.17, 15) is 25.5 Å². The molecule has 0 aromatic carbocycles. The molecule has 9 heteroatoms. The van der Waals surface area contributed by atoms with E-state index in [0.717, 1.165) is 0 Å². The lowest BCUT2D eigenvalue weighted by molar-refractivity contribution is -0.360. The van der Waals surface area contributed by atoms with Crippen molar-refractivity contribution in [3.8, 4) is 0 Å². The molecule has 1 fully saturated rings. The zero-order valence-electron chi connectivity index (χ0n) is 8.16. The summed E-state index contributed by atoms with van der Waals surface area (Å²) in [5.41, 5.74) is 6.79. The summed E-state index contributed by atoms with van der Waals surface area (Å²) in [6.07, 6.45) is -1.83. The van der Waals surface area contributed by atoms with E-state index >= 15 is 0 Å². The van der Waals surface area contributed by atoms with Gasteiger partial charge in [0.25, 0.3) is 11.6 Å². The van der Waals surface area contributed by atoms with Crippen LogP contribution in [0.25, 0.3) is 0 Å². The van der Waals surface area contributed by atoms with Crippen LogP contribution < -0.4 is 11.2 Å². The van der Waals surface area contributed by atoms with Gasteiger partial charge in [0.1, 0.15) is 11.8 Å². The minimum atomic E-state index is -3.10. The molecule has 16 heavy (non-hydrogen) atoms. The first kappa shape index (κ1) is 13.2. The quantitative estimate of drug-likeness (QED) is 0.145. The molecular weight excluding hydrogens is 238 g/mol. The fraction of sp³-hybridized carbons (Fsp3) is 0.714. The predicted molar refractivity (Wildman–Crippen MR) is 56.9 cm³/mol. The number of thiocarbonyl (C=S) groups is 1. The van der Waals surface area contributed by atoms with Gasteiger partial charge in [-0.25, -0.2) is 0 Å². The molecule has 0 radical (unpaired) electrons. The zero-order chi connectivity index (χ0) is 12.6. The first-order valence-corrected chi connectivity index (χ1v) is 4.80. The van der Waals surface area contributed by atoms with Gasteiger partial charge in [-0.3, -0.25) is 5.43 Å². The Morgan fingerprint density at radius 2 is 2.00 bits per heavy atom. The van der Waals surface area contributed by atoms with Gasteiger partial charge in [0.15, 0.2) is 5.11 Å². The molecule has 1 aliphatic rings. The Balaban J connectivity index is 2.97. The first-order valence-electron chi connectivity index (χ1n) is 4.39. The van der Waals surface area contributed by atoms with Crippen LogP contribution in [0.4, 0.5) is 0 Å². The topological polar surface area (TPSA) is 152 Å². The third-order valence-corrected chi connectivity index (χ3v) is 2.43. The number of hydrogen-bond donors (Lipinski definition) is 7. The van der Waals surface area contributed by atoms with Crippen molar-refractivity contribution < 1.29 is 25.5 Å². The average molecular weight is 251 g/mol. The molecule has 0 bridgehead atoms. The Hall–Kier alpha value is -0.840. The Morgan fingerprint density at radius 1 is 1.44 bits per heavy atom. The van der Waals surface area contributed by atoms with Crippen LogP contribution in [0.2, 0.25) is 0 Å². The molecule has 0 aromatic heterocycles. The van der Waals surface area contributed by atoms with Gasteiger partial charge in [-0.05, 0) is 25.1 Å². The van der Waals surface area contributed by atoms with Gasteiger partial charge >= 0.3 is 0 Å². The van der Waals surface area contributed by atoms with E-state index in [2.05, 4.69) is 22.7 Å². The van der Waals surface area contributed by atoms with Gasteiger partial charge in [-0.2, -0.15) is 5.10 Å². The summed E-state index contributed by atoms with van der Waals surface area (Å²) in [4.78, 5) is 0. The summed E-state index contributed by atoms with van der Waals surface area (Å²) >= 11 is 4.44. The summed E-state index contributed by atoms with van der Waals surface area (Å²) in [5, 5.41) is 50.1. The predicted octanol–water partition coefficient (Wildman–Crippen LogP) is -3.31. The molecule has 0 amide bonds. The molecule has 8 nitrogen and oxygen atoms in total. The van der Waals surface area contributed by atoms with Crippen molar-refractivity contribution in [1.29, 1.82) is 0 Å². The highest BCUT2D eigenvalue weighted by Gasteiger charge is 2.58. The second-order valence-electron chi connectivity index (χ2n) is 3.49. The van der Waals surface area contributed by atoms with Crippen LogP contribution in [0.5, 0.6) is 0 Å². The van der Waals surface area contributed by atoms with Crippen molar-refractivity contribution in [1.82, 2.24) is 5.43 Å². The van der Waals surface area contributed by atoms with Crippen LogP contribution in [0, 0.1) is 0 Å². The fourth-order valence-electron chi connectivity index (χ4n) is 1.35. The Bertz CT molecular complexity index is 330. The largest absolute Gasteiger partial charge is 0.387 e. The van der Waals surface area contributed by atoms with Crippen LogP contribution >= 0.6 is 12.2 Å². The number of nitrogens with two attached hydrogens (primary N) is 1. The molecule has 1 unspecified atom stereocenters. The first-order chi connectivity index (χ1) is 7.19. The molecule has 1 aliphatic carbocycles. The SMILES string of the molecule is NC(=S)NN=C1CCC(O)C(O)(O)C1(O)O. The van der Waals surface area contributed by atoms with Crippen molar-refractivity contribution in [2.24, 2.45) is 10.8 Å². The van der Waals surface area contributed by atoms with Crippen LogP contribution in [0.1, 0.15) is 12.8 Å². The maximum Gasteiger partial charge on any atom is 0.263 e. The minimum Gasteiger partial charge on any atom is -0.387 e. The standard InChI is InChI=1S/C7H13N3O5S/c8-5(16)10-9-3-1-2-4(11)7(14,15)6(3,12)13/h4,11-15H,1-2H2,(H3,8,10,16). The normalized spacial score (nSPS) is 30.1. The third kappa shape index (κ3) is 2.14.